The minimum atomic E-state index is -4.67. The fourth-order valence-corrected chi connectivity index (χ4v) is 5.64. The van der Waals surface area contributed by atoms with Crippen molar-refractivity contribution in [1.82, 2.24) is 0 Å². The van der Waals surface area contributed by atoms with E-state index in [2.05, 4.69) is 105 Å². The second kappa shape index (κ2) is 40.8. The van der Waals surface area contributed by atoms with Gasteiger partial charge in [-0.25, -0.2) is 4.57 Å². The molecule has 0 amide bonds. The molecule has 57 heavy (non-hydrogen) atoms. The highest BCUT2D eigenvalue weighted by Crippen LogP contribution is 2.43. The Morgan fingerprint density at radius 1 is 0.474 bits per heavy atom. The zero-order chi connectivity index (χ0) is 41.9. The fraction of sp³-hybridized carbons (Fsp3) is 0.565. The molecule has 0 aromatic heterocycles. The molecule has 0 saturated heterocycles. The first-order valence-corrected chi connectivity index (χ1v) is 22.3. The van der Waals surface area contributed by atoms with E-state index in [1.165, 1.54) is 0 Å². The van der Waals surface area contributed by atoms with Crippen molar-refractivity contribution in [3.8, 4) is 0 Å². The lowest BCUT2D eigenvalue weighted by Gasteiger charge is -2.20. The van der Waals surface area contributed by atoms with Gasteiger partial charge in [0.2, 0.25) is 0 Å². The van der Waals surface area contributed by atoms with Crippen LogP contribution in [0.1, 0.15) is 129 Å². The van der Waals surface area contributed by atoms with Gasteiger partial charge in [-0.1, -0.05) is 142 Å². The van der Waals surface area contributed by atoms with Crippen LogP contribution in [0.15, 0.2) is 109 Å². The maximum atomic E-state index is 12.3. The van der Waals surface area contributed by atoms with E-state index in [1.54, 1.807) is 0 Å². The van der Waals surface area contributed by atoms with Crippen molar-refractivity contribution in [2.45, 2.75) is 142 Å². The average molecular weight is 817 g/mol. The number of aliphatic hydroxyl groups is 2. The normalized spacial score (nSPS) is 15.0. The number of phosphoric acid groups is 1. The van der Waals surface area contributed by atoms with Gasteiger partial charge in [0.25, 0.3) is 0 Å². The smallest absolute Gasteiger partial charge is 0.457 e. The van der Waals surface area contributed by atoms with Gasteiger partial charge in [0.1, 0.15) is 12.2 Å². The van der Waals surface area contributed by atoms with Crippen LogP contribution in [-0.2, 0) is 32.7 Å². The summed E-state index contributed by atoms with van der Waals surface area (Å²) in [6, 6.07) is 0. The van der Waals surface area contributed by atoms with Crippen LogP contribution in [-0.4, -0.2) is 65.7 Å². The highest BCUT2D eigenvalue weighted by molar-refractivity contribution is 7.47. The number of hydrogen-bond donors (Lipinski definition) is 3. The number of unbranched alkanes of at least 4 members (excludes halogenated alkanes) is 5. The minimum absolute atomic E-state index is 0.0588. The number of allylic oxidation sites excluding steroid dienone is 18. The molecule has 0 saturated carbocycles. The number of ether oxygens (including phenoxy) is 2. The number of esters is 2. The van der Waals surface area contributed by atoms with Gasteiger partial charge < -0.3 is 24.6 Å². The number of carbonyl (C=O) groups excluding carboxylic acids is 2. The number of rotatable bonds is 37. The van der Waals surface area contributed by atoms with Crippen molar-refractivity contribution >= 4 is 19.8 Å². The standard InChI is InChI=1S/C46H73O10P/c1-3-5-7-9-11-13-15-17-19-20-21-22-24-26-28-30-32-34-36-38-46(50)56-44(40-48)42-54-57(51,52)53-41-43(39-47)55-45(49)37-35-33-31-29-27-25-23-18-16-14-12-10-8-6-4-2/h5-8,11-14,17-19,21-23,26,28,32,34,43-44,47-48H,3-4,9-10,15-16,20,24-25,27,29-31,33,35-42H2,1-2H3,(H,51,52)/b7-5-,8-6-,13-11-,14-12-,19-17-,22-21-,23-18-,28-26-,34-32-. The topological polar surface area (TPSA) is 149 Å². The summed E-state index contributed by atoms with van der Waals surface area (Å²) in [5, 5.41) is 19.1. The van der Waals surface area contributed by atoms with E-state index in [1.807, 2.05) is 18.2 Å². The van der Waals surface area contributed by atoms with E-state index in [-0.39, 0.29) is 12.8 Å². The van der Waals surface area contributed by atoms with Gasteiger partial charge in [-0.05, 0) is 83.5 Å². The van der Waals surface area contributed by atoms with Crippen LogP contribution >= 0.6 is 7.82 Å². The maximum Gasteiger partial charge on any atom is 0.472 e. The lowest BCUT2D eigenvalue weighted by Crippen LogP contribution is -2.28. The summed E-state index contributed by atoms with van der Waals surface area (Å²) in [5.41, 5.74) is 0. The Balaban J connectivity index is 4.10. The third-order valence-corrected chi connectivity index (χ3v) is 8.94. The zero-order valence-electron chi connectivity index (χ0n) is 34.7. The first-order valence-electron chi connectivity index (χ1n) is 20.8. The molecule has 0 fully saturated rings. The fourth-order valence-electron chi connectivity index (χ4n) is 4.86. The molecule has 0 aromatic carbocycles. The van der Waals surface area contributed by atoms with Crippen LogP contribution in [0, 0.1) is 0 Å². The molecule has 322 valence electrons. The molecule has 3 N–H and O–H groups in total. The highest BCUT2D eigenvalue weighted by Gasteiger charge is 2.27. The van der Waals surface area contributed by atoms with Crippen molar-refractivity contribution in [3.63, 3.8) is 0 Å². The number of aliphatic hydroxyl groups excluding tert-OH is 2. The quantitative estimate of drug-likeness (QED) is 0.0239. The molecule has 11 heteroatoms. The Morgan fingerprint density at radius 3 is 1.21 bits per heavy atom. The molecule has 0 aromatic rings. The van der Waals surface area contributed by atoms with Crippen LogP contribution in [0.2, 0.25) is 0 Å². The molecule has 0 bridgehead atoms. The van der Waals surface area contributed by atoms with E-state index >= 15 is 0 Å². The first kappa shape index (κ1) is 53.6. The molecule has 0 aliphatic heterocycles. The van der Waals surface area contributed by atoms with E-state index in [4.69, 9.17) is 18.5 Å². The van der Waals surface area contributed by atoms with Gasteiger partial charge in [-0.3, -0.25) is 18.6 Å². The number of carbonyl (C=O) groups is 2. The average Bonchev–Trinajstić information content (AvgIpc) is 3.20. The van der Waals surface area contributed by atoms with Gasteiger partial charge >= 0.3 is 19.8 Å². The maximum absolute atomic E-state index is 12.3. The SMILES string of the molecule is CC/C=C\C/C=C\C/C=C\C/C=C\C/C=C\C/C=C\CCC(=O)OC(CO)COP(=O)(O)OCC(CO)OC(=O)CCCCCCC/C=C\C/C=C\C/C=C\CC. The van der Waals surface area contributed by atoms with Gasteiger partial charge in [-0.15, -0.1) is 0 Å². The van der Waals surface area contributed by atoms with Crippen LogP contribution in [0.5, 0.6) is 0 Å². The lowest BCUT2D eigenvalue weighted by atomic mass is 10.1. The second-order valence-corrected chi connectivity index (χ2v) is 14.7. The summed E-state index contributed by atoms with van der Waals surface area (Å²) < 4.78 is 32.4. The van der Waals surface area contributed by atoms with Crippen LogP contribution in [0.25, 0.3) is 0 Å². The Kier molecular flexibility index (Phi) is 38.4. The Labute approximate surface area is 344 Å². The van der Waals surface area contributed by atoms with E-state index in [0.717, 1.165) is 89.9 Å². The van der Waals surface area contributed by atoms with Gasteiger partial charge in [0, 0.05) is 12.8 Å². The molecule has 0 heterocycles. The monoisotopic (exact) mass is 816 g/mol. The third kappa shape index (κ3) is 39.2. The molecule has 0 rings (SSSR count). The molecule has 3 unspecified atom stereocenters. The Bertz CT molecular complexity index is 1310. The third-order valence-electron chi connectivity index (χ3n) is 7.99. The van der Waals surface area contributed by atoms with Crippen molar-refractivity contribution in [1.29, 1.82) is 0 Å². The molecule has 0 spiro atoms. The molecular weight excluding hydrogens is 743 g/mol. The second-order valence-electron chi connectivity index (χ2n) is 13.2. The molecular formula is C46H73O10P. The van der Waals surface area contributed by atoms with Crippen LogP contribution < -0.4 is 0 Å². The summed E-state index contributed by atoms with van der Waals surface area (Å²) in [5.74, 6) is -1.13. The molecule has 10 nitrogen and oxygen atoms in total. The zero-order valence-corrected chi connectivity index (χ0v) is 35.6. The first-order chi connectivity index (χ1) is 27.8. The van der Waals surface area contributed by atoms with Crippen molar-refractivity contribution < 1.29 is 47.8 Å². The van der Waals surface area contributed by atoms with E-state index in [9.17, 15) is 29.3 Å². The largest absolute Gasteiger partial charge is 0.472 e. The molecule has 0 aliphatic carbocycles. The molecule has 0 radical (unpaired) electrons. The summed E-state index contributed by atoms with van der Waals surface area (Å²) >= 11 is 0. The summed E-state index contributed by atoms with van der Waals surface area (Å²) in [4.78, 5) is 34.4. The highest BCUT2D eigenvalue weighted by atomic mass is 31.2. The minimum Gasteiger partial charge on any atom is -0.457 e. The van der Waals surface area contributed by atoms with Gasteiger partial charge in [0.05, 0.1) is 26.4 Å². The Hall–Kier alpha value is -3.37. The predicted molar refractivity (Wildman–Crippen MR) is 232 cm³/mol. The molecule has 3 atom stereocenters. The van der Waals surface area contributed by atoms with Crippen LogP contribution in [0.3, 0.4) is 0 Å². The number of hydrogen-bond acceptors (Lipinski definition) is 9. The predicted octanol–water partition coefficient (Wildman–Crippen LogP) is 11.0. The van der Waals surface area contributed by atoms with Gasteiger partial charge in [0.15, 0.2) is 0 Å². The van der Waals surface area contributed by atoms with E-state index < -0.39 is 58.4 Å². The van der Waals surface area contributed by atoms with E-state index in [0.29, 0.717) is 12.8 Å². The van der Waals surface area contributed by atoms with Crippen LogP contribution in [0.4, 0.5) is 0 Å². The van der Waals surface area contributed by atoms with Crippen molar-refractivity contribution in [3.05, 3.63) is 109 Å². The molecule has 0 aliphatic rings. The van der Waals surface area contributed by atoms with Gasteiger partial charge in [-0.2, -0.15) is 0 Å². The summed E-state index contributed by atoms with van der Waals surface area (Å²) in [6.07, 6.45) is 50.7. The summed E-state index contributed by atoms with van der Waals surface area (Å²) in [7, 11) is -4.67. The lowest BCUT2D eigenvalue weighted by molar-refractivity contribution is -0.153. The summed E-state index contributed by atoms with van der Waals surface area (Å²) in [6.45, 7) is 1.84. The number of phosphoric ester groups is 1. The van der Waals surface area contributed by atoms with Crippen molar-refractivity contribution in [2.24, 2.45) is 0 Å². The van der Waals surface area contributed by atoms with Crippen molar-refractivity contribution in [2.75, 3.05) is 26.4 Å². The Morgan fingerprint density at radius 2 is 0.807 bits per heavy atom.